The molecule has 0 bridgehead atoms. The van der Waals surface area contributed by atoms with Gasteiger partial charge in [0.05, 0.1) is 6.61 Å². The molecule has 0 unspecified atom stereocenters. The highest BCUT2D eigenvalue weighted by Gasteiger charge is 2.15. The van der Waals surface area contributed by atoms with Gasteiger partial charge >= 0.3 is 0 Å². The fourth-order valence-corrected chi connectivity index (χ4v) is 2.31. The molecule has 0 amide bonds. The predicted molar refractivity (Wildman–Crippen MR) is 82.0 cm³/mol. The molecule has 1 aromatic heterocycles. The van der Waals surface area contributed by atoms with E-state index >= 15 is 0 Å². The predicted octanol–water partition coefficient (Wildman–Crippen LogP) is 4.37. The molecule has 21 heavy (non-hydrogen) atoms. The van der Waals surface area contributed by atoms with Crippen LogP contribution in [-0.2, 0) is 0 Å². The molecule has 3 rings (SSSR count). The van der Waals surface area contributed by atoms with Crippen LogP contribution in [-0.4, -0.2) is 12.4 Å². The summed E-state index contributed by atoms with van der Waals surface area (Å²) in [7, 11) is 0. The van der Waals surface area contributed by atoms with E-state index in [1.807, 2.05) is 44.2 Å². The monoisotopic (exact) mass is 280 g/mol. The van der Waals surface area contributed by atoms with Crippen LogP contribution in [0.3, 0.4) is 0 Å². The lowest BCUT2D eigenvalue weighted by molar-refractivity contribution is 0.101. The van der Waals surface area contributed by atoms with Gasteiger partial charge in [-0.25, -0.2) is 0 Å². The van der Waals surface area contributed by atoms with E-state index in [0.29, 0.717) is 23.7 Å². The molecular formula is C18H16O3. The summed E-state index contributed by atoms with van der Waals surface area (Å²) >= 11 is 0. The molecule has 3 aromatic rings. The van der Waals surface area contributed by atoms with Crippen LogP contribution in [0.25, 0.3) is 11.0 Å². The highest BCUT2D eigenvalue weighted by atomic mass is 16.5. The molecule has 2 aromatic carbocycles. The van der Waals surface area contributed by atoms with Gasteiger partial charge in [-0.3, -0.25) is 4.79 Å². The number of hydrogen-bond donors (Lipinski definition) is 0. The maximum absolute atomic E-state index is 12.5. The second-order valence-electron chi connectivity index (χ2n) is 4.94. The molecule has 0 aliphatic carbocycles. The topological polar surface area (TPSA) is 39.4 Å². The van der Waals surface area contributed by atoms with E-state index in [1.165, 1.54) is 0 Å². The summed E-state index contributed by atoms with van der Waals surface area (Å²) in [6.07, 6.45) is 0. The number of carbonyl (C=O) groups is 1. The van der Waals surface area contributed by atoms with Crippen molar-refractivity contribution in [2.75, 3.05) is 6.61 Å². The molecule has 0 saturated heterocycles. The Morgan fingerprint density at radius 3 is 2.81 bits per heavy atom. The van der Waals surface area contributed by atoms with Crippen molar-refractivity contribution in [1.29, 1.82) is 0 Å². The van der Waals surface area contributed by atoms with Crippen LogP contribution in [0.2, 0.25) is 0 Å². The number of fused-ring (bicyclic) bond motifs is 1. The zero-order chi connectivity index (χ0) is 14.8. The highest BCUT2D eigenvalue weighted by molar-refractivity contribution is 6.09. The van der Waals surface area contributed by atoms with E-state index in [4.69, 9.17) is 9.15 Å². The van der Waals surface area contributed by atoms with E-state index in [0.717, 1.165) is 16.5 Å². The molecular weight excluding hydrogens is 264 g/mol. The number of aryl methyl sites for hydroxylation is 1. The van der Waals surface area contributed by atoms with Gasteiger partial charge in [0.15, 0.2) is 5.76 Å². The van der Waals surface area contributed by atoms with Gasteiger partial charge in [-0.05, 0) is 44.2 Å². The molecule has 0 fully saturated rings. The van der Waals surface area contributed by atoms with E-state index in [2.05, 4.69) is 0 Å². The Morgan fingerprint density at radius 1 is 1.14 bits per heavy atom. The minimum absolute atomic E-state index is 0.134. The molecule has 0 radical (unpaired) electrons. The SMILES string of the molecule is CCOc1cccc(C(=O)c2cc3cc(C)ccc3o2)c1. The van der Waals surface area contributed by atoms with Crippen LogP contribution in [0.1, 0.15) is 28.6 Å². The maximum Gasteiger partial charge on any atom is 0.228 e. The normalized spacial score (nSPS) is 10.8. The molecule has 3 heteroatoms. The lowest BCUT2D eigenvalue weighted by Gasteiger charge is -2.04. The summed E-state index contributed by atoms with van der Waals surface area (Å²) in [5.41, 5.74) is 2.43. The van der Waals surface area contributed by atoms with Crippen LogP contribution in [0, 0.1) is 6.92 Å². The van der Waals surface area contributed by atoms with Gasteiger partial charge in [0.25, 0.3) is 0 Å². The zero-order valence-electron chi connectivity index (χ0n) is 12.1. The second-order valence-corrected chi connectivity index (χ2v) is 4.94. The first-order valence-corrected chi connectivity index (χ1v) is 6.95. The van der Waals surface area contributed by atoms with Crippen molar-refractivity contribution in [3.63, 3.8) is 0 Å². The molecule has 0 atom stereocenters. The molecule has 0 spiro atoms. The molecule has 0 aliphatic heterocycles. The summed E-state index contributed by atoms with van der Waals surface area (Å²) < 4.78 is 11.1. The van der Waals surface area contributed by atoms with Crippen LogP contribution >= 0.6 is 0 Å². The fraction of sp³-hybridized carbons (Fsp3) is 0.167. The maximum atomic E-state index is 12.5. The summed E-state index contributed by atoms with van der Waals surface area (Å²) in [6, 6.07) is 14.8. The Balaban J connectivity index is 1.97. The zero-order valence-corrected chi connectivity index (χ0v) is 12.1. The fourth-order valence-electron chi connectivity index (χ4n) is 2.31. The third-order valence-electron chi connectivity index (χ3n) is 3.30. The first-order chi connectivity index (χ1) is 10.2. The van der Waals surface area contributed by atoms with Gasteiger partial charge < -0.3 is 9.15 Å². The first-order valence-electron chi connectivity index (χ1n) is 6.95. The van der Waals surface area contributed by atoms with Crippen molar-refractivity contribution >= 4 is 16.8 Å². The molecule has 0 saturated carbocycles. The first kappa shape index (κ1) is 13.4. The van der Waals surface area contributed by atoms with Crippen LogP contribution in [0.5, 0.6) is 5.75 Å². The number of hydrogen-bond acceptors (Lipinski definition) is 3. The Hall–Kier alpha value is -2.55. The van der Waals surface area contributed by atoms with Crippen LogP contribution < -0.4 is 4.74 Å². The Morgan fingerprint density at radius 2 is 2.00 bits per heavy atom. The van der Waals surface area contributed by atoms with E-state index in [1.54, 1.807) is 18.2 Å². The van der Waals surface area contributed by atoms with Crippen molar-refractivity contribution in [2.45, 2.75) is 13.8 Å². The van der Waals surface area contributed by atoms with Crippen molar-refractivity contribution in [3.05, 3.63) is 65.4 Å². The van der Waals surface area contributed by atoms with Gasteiger partial charge in [-0.15, -0.1) is 0 Å². The van der Waals surface area contributed by atoms with Crippen LogP contribution in [0.4, 0.5) is 0 Å². The summed E-state index contributed by atoms with van der Waals surface area (Å²) in [4.78, 5) is 12.5. The average molecular weight is 280 g/mol. The van der Waals surface area contributed by atoms with E-state index < -0.39 is 0 Å². The Kier molecular flexibility index (Phi) is 3.48. The van der Waals surface area contributed by atoms with Gasteiger partial charge in [0, 0.05) is 10.9 Å². The minimum Gasteiger partial charge on any atom is -0.494 e. The Labute approximate surface area is 123 Å². The lowest BCUT2D eigenvalue weighted by atomic mass is 10.1. The number of furan rings is 1. The number of benzene rings is 2. The largest absolute Gasteiger partial charge is 0.494 e. The third-order valence-corrected chi connectivity index (χ3v) is 3.30. The van der Waals surface area contributed by atoms with Crippen LogP contribution in [0.15, 0.2) is 52.9 Å². The van der Waals surface area contributed by atoms with Gasteiger partial charge in [0.1, 0.15) is 11.3 Å². The van der Waals surface area contributed by atoms with Crippen molar-refractivity contribution < 1.29 is 13.9 Å². The molecule has 0 N–H and O–H groups in total. The Bertz CT molecular complexity index is 799. The van der Waals surface area contributed by atoms with E-state index in [-0.39, 0.29) is 5.78 Å². The standard InChI is InChI=1S/C18H16O3/c1-3-20-15-6-4-5-13(10-15)18(19)17-11-14-9-12(2)7-8-16(14)21-17/h4-11H,3H2,1-2H3. The molecule has 3 nitrogen and oxygen atoms in total. The third kappa shape index (κ3) is 2.68. The summed E-state index contributed by atoms with van der Waals surface area (Å²) in [5, 5.41) is 0.944. The summed E-state index contributed by atoms with van der Waals surface area (Å²) in [5.74, 6) is 0.907. The molecule has 1 heterocycles. The minimum atomic E-state index is -0.134. The van der Waals surface area contributed by atoms with Gasteiger partial charge in [0.2, 0.25) is 5.78 Å². The smallest absolute Gasteiger partial charge is 0.228 e. The number of carbonyl (C=O) groups excluding carboxylic acids is 1. The van der Waals surface area contributed by atoms with Crippen molar-refractivity contribution in [3.8, 4) is 5.75 Å². The van der Waals surface area contributed by atoms with Gasteiger partial charge in [-0.2, -0.15) is 0 Å². The second kappa shape index (κ2) is 5.44. The number of ketones is 1. The molecule has 106 valence electrons. The van der Waals surface area contributed by atoms with E-state index in [9.17, 15) is 4.79 Å². The molecule has 0 aliphatic rings. The quantitative estimate of drug-likeness (QED) is 0.666. The van der Waals surface area contributed by atoms with Crippen molar-refractivity contribution in [1.82, 2.24) is 0 Å². The van der Waals surface area contributed by atoms with Gasteiger partial charge in [-0.1, -0.05) is 23.8 Å². The number of ether oxygens (including phenoxy) is 1. The highest BCUT2D eigenvalue weighted by Crippen LogP contribution is 2.23. The van der Waals surface area contributed by atoms with Crippen molar-refractivity contribution in [2.24, 2.45) is 0 Å². The lowest BCUT2D eigenvalue weighted by Crippen LogP contribution is -2.00. The number of rotatable bonds is 4. The average Bonchev–Trinajstić information content (AvgIpc) is 2.90. The summed E-state index contributed by atoms with van der Waals surface area (Å²) in [6.45, 7) is 4.50.